The molecule has 0 spiro atoms. The number of aromatic nitrogens is 1. The van der Waals surface area contributed by atoms with E-state index in [0.717, 1.165) is 6.20 Å². The highest BCUT2D eigenvalue weighted by Gasteiger charge is 2.21. The first-order chi connectivity index (χ1) is 9.90. The van der Waals surface area contributed by atoms with E-state index in [9.17, 15) is 14.4 Å². The third-order valence-corrected chi connectivity index (χ3v) is 3.04. The smallest absolute Gasteiger partial charge is 0.337 e. The van der Waals surface area contributed by atoms with Gasteiger partial charge in [-0.3, -0.25) is 14.6 Å². The highest BCUT2D eigenvalue weighted by molar-refractivity contribution is 5.96. The minimum absolute atomic E-state index is 0.00110. The van der Waals surface area contributed by atoms with Crippen molar-refractivity contribution in [2.75, 3.05) is 13.1 Å². The van der Waals surface area contributed by atoms with E-state index in [2.05, 4.69) is 10.3 Å². The number of carbonyl (C=O) groups is 3. The summed E-state index contributed by atoms with van der Waals surface area (Å²) in [6.45, 7) is 6.47. The number of carboxylic acids is 1. The van der Waals surface area contributed by atoms with Gasteiger partial charge in [-0.05, 0) is 32.9 Å². The maximum atomic E-state index is 12.0. The molecule has 114 valence electrons. The van der Waals surface area contributed by atoms with Crippen molar-refractivity contribution < 1.29 is 19.5 Å². The number of likely N-dealkylation sites (N-methyl/N-ethyl adjacent to an activating group) is 1. The van der Waals surface area contributed by atoms with Crippen molar-refractivity contribution in [2.45, 2.75) is 26.8 Å². The summed E-state index contributed by atoms with van der Waals surface area (Å²) in [5.41, 5.74) is 0.0676. The van der Waals surface area contributed by atoms with Gasteiger partial charge in [0.1, 0.15) is 11.7 Å². The molecule has 0 saturated carbocycles. The van der Waals surface area contributed by atoms with Crippen LogP contribution in [-0.4, -0.2) is 51.9 Å². The number of hydrogen-bond donors (Lipinski definition) is 2. The Morgan fingerprint density at radius 2 is 1.90 bits per heavy atom. The van der Waals surface area contributed by atoms with Crippen LogP contribution in [-0.2, 0) is 4.79 Å². The summed E-state index contributed by atoms with van der Waals surface area (Å²) < 4.78 is 0. The van der Waals surface area contributed by atoms with Crippen molar-refractivity contribution in [1.82, 2.24) is 15.2 Å². The van der Waals surface area contributed by atoms with Crippen molar-refractivity contribution in [3.63, 3.8) is 0 Å². The fourth-order valence-corrected chi connectivity index (χ4v) is 1.80. The molecular formula is C14H19N3O4. The molecule has 1 atom stereocenters. The lowest BCUT2D eigenvalue weighted by molar-refractivity contribution is -0.132. The first-order valence-electron chi connectivity index (χ1n) is 6.69. The van der Waals surface area contributed by atoms with Crippen LogP contribution in [0.3, 0.4) is 0 Å². The Hall–Kier alpha value is -2.44. The van der Waals surface area contributed by atoms with Crippen molar-refractivity contribution >= 4 is 17.8 Å². The number of aromatic carboxylic acids is 1. The van der Waals surface area contributed by atoms with Gasteiger partial charge in [-0.25, -0.2) is 4.79 Å². The van der Waals surface area contributed by atoms with E-state index in [1.54, 1.807) is 11.8 Å². The monoisotopic (exact) mass is 293 g/mol. The van der Waals surface area contributed by atoms with Gasteiger partial charge in [0, 0.05) is 19.3 Å². The molecule has 21 heavy (non-hydrogen) atoms. The first kappa shape index (κ1) is 16.6. The maximum Gasteiger partial charge on any atom is 0.337 e. The molecular weight excluding hydrogens is 274 g/mol. The van der Waals surface area contributed by atoms with Gasteiger partial charge >= 0.3 is 5.97 Å². The maximum absolute atomic E-state index is 12.0. The minimum atomic E-state index is -1.11. The quantitative estimate of drug-likeness (QED) is 0.807. The van der Waals surface area contributed by atoms with Gasteiger partial charge < -0.3 is 15.3 Å². The highest BCUT2D eigenvalue weighted by atomic mass is 16.4. The van der Waals surface area contributed by atoms with E-state index in [-0.39, 0.29) is 17.2 Å². The van der Waals surface area contributed by atoms with Crippen LogP contribution in [0, 0.1) is 0 Å². The zero-order valence-electron chi connectivity index (χ0n) is 12.3. The molecule has 0 aliphatic carbocycles. The van der Waals surface area contributed by atoms with Crippen LogP contribution in [0.4, 0.5) is 0 Å². The zero-order chi connectivity index (χ0) is 16.0. The van der Waals surface area contributed by atoms with Crippen LogP contribution in [0.15, 0.2) is 18.3 Å². The fourth-order valence-electron chi connectivity index (χ4n) is 1.80. The average Bonchev–Trinajstić information content (AvgIpc) is 2.48. The number of carboxylic acid groups (broad SMARTS) is 1. The molecule has 0 fully saturated rings. The van der Waals surface area contributed by atoms with E-state index in [0.29, 0.717) is 13.1 Å². The summed E-state index contributed by atoms with van der Waals surface area (Å²) in [5.74, 6) is -1.80. The van der Waals surface area contributed by atoms with Gasteiger partial charge in [-0.15, -0.1) is 0 Å². The Morgan fingerprint density at radius 1 is 1.29 bits per heavy atom. The van der Waals surface area contributed by atoms with E-state index in [4.69, 9.17) is 5.11 Å². The second kappa shape index (κ2) is 7.37. The molecule has 0 saturated heterocycles. The van der Waals surface area contributed by atoms with E-state index in [1.165, 1.54) is 12.1 Å². The van der Waals surface area contributed by atoms with E-state index < -0.39 is 17.9 Å². The number of nitrogens with zero attached hydrogens (tertiary/aromatic N) is 2. The second-order valence-electron chi connectivity index (χ2n) is 4.44. The average molecular weight is 293 g/mol. The van der Waals surface area contributed by atoms with Gasteiger partial charge in [0.15, 0.2) is 0 Å². The summed E-state index contributed by atoms with van der Waals surface area (Å²) in [7, 11) is 0. The van der Waals surface area contributed by atoms with Gasteiger partial charge in [-0.2, -0.15) is 0 Å². The predicted octanol–water partition coefficient (Wildman–Crippen LogP) is 0.766. The first-order valence-corrected chi connectivity index (χ1v) is 6.69. The van der Waals surface area contributed by atoms with Crippen LogP contribution >= 0.6 is 0 Å². The van der Waals surface area contributed by atoms with E-state index >= 15 is 0 Å². The molecule has 1 rings (SSSR count). The third-order valence-electron chi connectivity index (χ3n) is 3.04. The molecule has 0 aliphatic heterocycles. The van der Waals surface area contributed by atoms with Crippen LogP contribution in [0.25, 0.3) is 0 Å². The summed E-state index contributed by atoms with van der Waals surface area (Å²) in [4.78, 5) is 40.1. The van der Waals surface area contributed by atoms with Crippen molar-refractivity contribution in [3.05, 3.63) is 29.6 Å². The number of carbonyl (C=O) groups excluding carboxylic acids is 2. The molecule has 2 amide bonds. The van der Waals surface area contributed by atoms with Gasteiger partial charge in [0.2, 0.25) is 5.91 Å². The van der Waals surface area contributed by atoms with Crippen LogP contribution < -0.4 is 5.32 Å². The van der Waals surface area contributed by atoms with Gasteiger partial charge in [0.25, 0.3) is 5.91 Å². The molecule has 1 aromatic rings. The highest BCUT2D eigenvalue weighted by Crippen LogP contribution is 2.02. The lowest BCUT2D eigenvalue weighted by atomic mass is 10.2. The molecule has 0 bridgehead atoms. The molecule has 1 heterocycles. The lowest BCUT2D eigenvalue weighted by Gasteiger charge is -2.23. The molecule has 0 aliphatic rings. The summed E-state index contributed by atoms with van der Waals surface area (Å²) in [5, 5.41) is 11.3. The Kier molecular flexibility index (Phi) is 5.83. The molecule has 7 heteroatoms. The molecule has 1 aromatic heterocycles. The van der Waals surface area contributed by atoms with Gasteiger partial charge in [0.05, 0.1) is 5.56 Å². The predicted molar refractivity (Wildman–Crippen MR) is 76.1 cm³/mol. The standard InChI is InChI=1S/C14H19N3O4/c1-4-17(5-2)13(19)9(3)16-12(18)11-7-6-10(8-15-11)14(20)21/h6-9H,4-5H2,1-3H3,(H,16,18)(H,20,21). The van der Waals surface area contributed by atoms with E-state index in [1.807, 2.05) is 13.8 Å². The summed E-state index contributed by atoms with van der Waals surface area (Å²) in [6.07, 6.45) is 1.11. The normalized spacial score (nSPS) is 11.6. The van der Waals surface area contributed by atoms with Crippen LogP contribution in [0.2, 0.25) is 0 Å². The summed E-state index contributed by atoms with van der Waals surface area (Å²) in [6, 6.07) is 1.94. The fraction of sp³-hybridized carbons (Fsp3) is 0.429. The Labute approximate surface area is 123 Å². The number of nitrogens with one attached hydrogen (secondary N) is 1. The SMILES string of the molecule is CCN(CC)C(=O)C(C)NC(=O)c1ccc(C(=O)O)cn1. The molecule has 2 N–H and O–H groups in total. The molecule has 0 radical (unpaired) electrons. The van der Waals surface area contributed by atoms with Crippen molar-refractivity contribution in [1.29, 1.82) is 0 Å². The minimum Gasteiger partial charge on any atom is -0.478 e. The second-order valence-corrected chi connectivity index (χ2v) is 4.44. The topological polar surface area (TPSA) is 99.6 Å². The van der Waals surface area contributed by atoms with Crippen molar-refractivity contribution in [3.8, 4) is 0 Å². The Bertz CT molecular complexity index is 524. The Morgan fingerprint density at radius 3 is 2.33 bits per heavy atom. The molecule has 1 unspecified atom stereocenters. The number of pyridine rings is 1. The Balaban J connectivity index is 2.72. The van der Waals surface area contributed by atoms with Crippen molar-refractivity contribution in [2.24, 2.45) is 0 Å². The molecule has 0 aromatic carbocycles. The largest absolute Gasteiger partial charge is 0.478 e. The third kappa shape index (κ3) is 4.27. The van der Waals surface area contributed by atoms with Crippen LogP contribution in [0.1, 0.15) is 41.6 Å². The van der Waals surface area contributed by atoms with Crippen LogP contribution in [0.5, 0.6) is 0 Å². The summed E-state index contributed by atoms with van der Waals surface area (Å²) >= 11 is 0. The zero-order valence-corrected chi connectivity index (χ0v) is 12.3. The molecule has 7 nitrogen and oxygen atoms in total. The number of rotatable bonds is 6. The number of amides is 2. The number of hydrogen-bond acceptors (Lipinski definition) is 4. The van der Waals surface area contributed by atoms with Gasteiger partial charge in [-0.1, -0.05) is 0 Å². The lowest BCUT2D eigenvalue weighted by Crippen LogP contribution is -2.47.